The number of aromatic nitrogens is 2. The van der Waals surface area contributed by atoms with E-state index in [0.29, 0.717) is 11.3 Å². The molecule has 4 nitrogen and oxygen atoms in total. The summed E-state index contributed by atoms with van der Waals surface area (Å²) in [5.74, 6) is 0. The van der Waals surface area contributed by atoms with Crippen molar-refractivity contribution in [2.24, 2.45) is 4.99 Å². The van der Waals surface area contributed by atoms with E-state index in [-0.39, 0.29) is 12.1 Å². The van der Waals surface area contributed by atoms with E-state index in [0.717, 1.165) is 12.2 Å². The normalized spacial score (nSPS) is 29.2. The van der Waals surface area contributed by atoms with Crippen molar-refractivity contribution in [1.29, 1.82) is 0 Å². The second kappa shape index (κ2) is 6.20. The molecule has 2 aliphatic heterocycles. The van der Waals surface area contributed by atoms with E-state index in [2.05, 4.69) is 52.0 Å². The van der Waals surface area contributed by atoms with Crippen molar-refractivity contribution >= 4 is 16.9 Å². The zero-order valence-electron chi connectivity index (χ0n) is 14.6. The molecule has 3 aliphatic rings. The molecule has 3 atom stereocenters. The minimum atomic E-state index is 0.107. The van der Waals surface area contributed by atoms with Crippen LogP contribution in [0.4, 0.5) is 0 Å². The maximum atomic E-state index is 5.07. The Bertz CT molecular complexity index is 778. The van der Waals surface area contributed by atoms with Crippen LogP contribution in [0.15, 0.2) is 47.8 Å². The Balaban J connectivity index is 1.50. The van der Waals surface area contributed by atoms with Crippen molar-refractivity contribution in [1.82, 2.24) is 14.5 Å². The highest BCUT2D eigenvalue weighted by molar-refractivity contribution is 8.14. The molecule has 2 aromatic heterocycles. The summed E-state index contributed by atoms with van der Waals surface area (Å²) >= 11 is 1.91. The molecule has 1 saturated carbocycles. The van der Waals surface area contributed by atoms with Crippen molar-refractivity contribution in [3.63, 3.8) is 0 Å². The van der Waals surface area contributed by atoms with E-state index in [1.165, 1.54) is 36.4 Å². The average Bonchev–Trinajstić information content (AvgIpc) is 3.38. The van der Waals surface area contributed by atoms with Crippen LogP contribution in [0.1, 0.15) is 62.0 Å². The first-order chi connectivity index (χ1) is 12.3. The lowest BCUT2D eigenvalue weighted by Gasteiger charge is -2.26. The molecule has 0 radical (unpaired) electrons. The molecule has 0 aromatic carbocycles. The van der Waals surface area contributed by atoms with E-state index < -0.39 is 0 Å². The van der Waals surface area contributed by atoms with Crippen LogP contribution in [0.3, 0.4) is 0 Å². The highest BCUT2D eigenvalue weighted by atomic mass is 32.2. The quantitative estimate of drug-likeness (QED) is 0.810. The van der Waals surface area contributed by atoms with Gasteiger partial charge in [-0.25, -0.2) is 0 Å². The van der Waals surface area contributed by atoms with Crippen molar-refractivity contribution < 1.29 is 0 Å². The number of pyridine rings is 1. The summed E-state index contributed by atoms with van der Waals surface area (Å²) in [6.07, 6.45) is 11.9. The maximum Gasteiger partial charge on any atom is 0.160 e. The summed E-state index contributed by atoms with van der Waals surface area (Å²) < 4.78 is 2.45. The topological polar surface area (TPSA) is 33.4 Å². The van der Waals surface area contributed by atoms with Gasteiger partial charge in [0.15, 0.2) is 5.17 Å². The number of fused-ring (bicyclic) bond motifs is 1. The molecule has 5 rings (SSSR count). The number of thioether (sulfide) groups is 1. The van der Waals surface area contributed by atoms with Crippen LogP contribution in [-0.4, -0.2) is 31.4 Å². The molecule has 2 aromatic rings. The number of hydrogen-bond acceptors (Lipinski definition) is 4. The summed E-state index contributed by atoms with van der Waals surface area (Å²) in [7, 11) is 0. The van der Waals surface area contributed by atoms with Crippen molar-refractivity contribution in [3.8, 4) is 0 Å². The molecule has 0 amide bonds. The molecule has 5 heteroatoms. The number of amidine groups is 1. The first-order valence-corrected chi connectivity index (χ1v) is 10.3. The van der Waals surface area contributed by atoms with Gasteiger partial charge in [0.05, 0.1) is 11.7 Å². The van der Waals surface area contributed by atoms with Gasteiger partial charge in [0.25, 0.3) is 0 Å². The third-order valence-corrected chi connectivity index (χ3v) is 6.81. The fourth-order valence-corrected chi connectivity index (χ4v) is 5.61. The molecule has 2 fully saturated rings. The summed E-state index contributed by atoms with van der Waals surface area (Å²) in [5, 5.41) is 1.81. The lowest BCUT2D eigenvalue weighted by Crippen LogP contribution is -2.28. The van der Waals surface area contributed by atoms with Crippen LogP contribution in [0, 0.1) is 0 Å². The van der Waals surface area contributed by atoms with Gasteiger partial charge in [-0.1, -0.05) is 37.6 Å². The molecule has 0 spiro atoms. The van der Waals surface area contributed by atoms with E-state index >= 15 is 0 Å². The molecule has 4 heterocycles. The monoisotopic (exact) mass is 352 g/mol. The average molecular weight is 353 g/mol. The lowest BCUT2D eigenvalue weighted by molar-refractivity contribution is 0.320. The standard InChI is InChI=1S/C20H24N4S/c1-14-12-24-19(15-9-11-23(13-15)16-6-2-3-7-16)18(22-20(24)25-14)17-8-4-5-10-21-17/h4-5,8-11,13-14,16,18-19H,2-3,6-7,12H2,1H3/t14-,18-,19+/m1/s1. The van der Waals surface area contributed by atoms with Gasteiger partial charge in [-0.2, -0.15) is 0 Å². The van der Waals surface area contributed by atoms with E-state index in [9.17, 15) is 0 Å². The first kappa shape index (κ1) is 15.5. The lowest BCUT2D eigenvalue weighted by atomic mass is 9.99. The Morgan fingerprint density at radius 1 is 1.16 bits per heavy atom. The minimum absolute atomic E-state index is 0.107. The molecule has 0 bridgehead atoms. The second-order valence-electron chi connectivity index (χ2n) is 7.47. The highest BCUT2D eigenvalue weighted by Crippen LogP contribution is 2.47. The van der Waals surface area contributed by atoms with Gasteiger partial charge in [0.1, 0.15) is 6.04 Å². The molecule has 1 saturated heterocycles. The largest absolute Gasteiger partial charge is 0.351 e. The van der Waals surface area contributed by atoms with E-state index in [1.54, 1.807) is 0 Å². The van der Waals surface area contributed by atoms with Gasteiger partial charge < -0.3 is 9.47 Å². The first-order valence-electron chi connectivity index (χ1n) is 9.39. The highest BCUT2D eigenvalue weighted by Gasteiger charge is 2.43. The Morgan fingerprint density at radius 2 is 2.04 bits per heavy atom. The Hall–Kier alpha value is -1.75. The fraction of sp³-hybridized carbons (Fsp3) is 0.500. The molecule has 0 N–H and O–H groups in total. The summed E-state index contributed by atoms with van der Waals surface area (Å²) in [6.45, 7) is 3.37. The molecule has 25 heavy (non-hydrogen) atoms. The summed E-state index contributed by atoms with van der Waals surface area (Å²) in [5.41, 5.74) is 2.47. The smallest absolute Gasteiger partial charge is 0.160 e. The van der Waals surface area contributed by atoms with Gasteiger partial charge in [0.2, 0.25) is 0 Å². The predicted molar refractivity (Wildman–Crippen MR) is 103 cm³/mol. The fourth-order valence-electron chi connectivity index (χ4n) is 4.51. The maximum absolute atomic E-state index is 5.07. The molecular weight excluding hydrogens is 328 g/mol. The van der Waals surface area contributed by atoms with Crippen LogP contribution >= 0.6 is 11.8 Å². The number of rotatable bonds is 3. The molecule has 1 aliphatic carbocycles. The van der Waals surface area contributed by atoms with Gasteiger partial charge in [-0.05, 0) is 36.6 Å². The zero-order valence-corrected chi connectivity index (χ0v) is 15.4. The number of aliphatic imine (C=N–C) groups is 1. The summed E-state index contributed by atoms with van der Waals surface area (Å²) in [6, 6.07) is 9.56. The molecule has 130 valence electrons. The van der Waals surface area contributed by atoms with E-state index in [1.807, 2.05) is 24.0 Å². The number of nitrogens with zero attached hydrogens (tertiary/aromatic N) is 4. The molecular formula is C20H24N4S. The van der Waals surface area contributed by atoms with Crippen LogP contribution in [0.2, 0.25) is 0 Å². The Labute approximate surface area is 153 Å². The minimum Gasteiger partial charge on any atom is -0.351 e. The van der Waals surface area contributed by atoms with Crippen LogP contribution in [0.5, 0.6) is 0 Å². The Kier molecular flexibility index (Phi) is 3.85. The summed E-state index contributed by atoms with van der Waals surface area (Å²) in [4.78, 5) is 12.2. The SMILES string of the molecule is C[C@@H]1CN2C(=N[C@H](c3ccccn3)[C@@H]2c2ccn(C3CCCC3)c2)S1. The van der Waals surface area contributed by atoms with Crippen LogP contribution in [0.25, 0.3) is 0 Å². The predicted octanol–water partition coefficient (Wildman–Crippen LogP) is 4.59. The second-order valence-corrected chi connectivity index (χ2v) is 8.87. The Morgan fingerprint density at radius 3 is 2.84 bits per heavy atom. The zero-order chi connectivity index (χ0) is 16.8. The van der Waals surface area contributed by atoms with Gasteiger partial charge in [-0.3, -0.25) is 9.98 Å². The molecule has 0 unspecified atom stereocenters. The van der Waals surface area contributed by atoms with Gasteiger partial charge in [0, 0.05) is 36.4 Å². The van der Waals surface area contributed by atoms with Crippen molar-refractivity contribution in [2.75, 3.05) is 6.54 Å². The van der Waals surface area contributed by atoms with Gasteiger partial charge in [-0.15, -0.1) is 0 Å². The van der Waals surface area contributed by atoms with Crippen LogP contribution < -0.4 is 0 Å². The van der Waals surface area contributed by atoms with Crippen molar-refractivity contribution in [2.45, 2.75) is 56.0 Å². The van der Waals surface area contributed by atoms with Crippen molar-refractivity contribution in [3.05, 3.63) is 54.1 Å². The van der Waals surface area contributed by atoms with E-state index in [4.69, 9.17) is 4.99 Å². The van der Waals surface area contributed by atoms with Gasteiger partial charge >= 0.3 is 0 Å². The van der Waals surface area contributed by atoms with Crippen LogP contribution in [-0.2, 0) is 0 Å². The third kappa shape index (κ3) is 2.69. The third-order valence-electron chi connectivity index (χ3n) is 5.71. The number of hydrogen-bond donors (Lipinski definition) is 0.